The molecule has 1 atom stereocenters. The molecule has 0 heterocycles. The Morgan fingerprint density at radius 3 is 1.89 bits per heavy atom. The minimum atomic E-state index is -4.27. The molecule has 7 nitrogen and oxygen atoms in total. The van der Waals surface area contributed by atoms with Crippen molar-refractivity contribution in [2.45, 2.75) is 43.8 Å². The van der Waals surface area contributed by atoms with Gasteiger partial charge in [-0.05, 0) is 55.8 Å². The Bertz CT molecular complexity index is 1680. The van der Waals surface area contributed by atoms with E-state index < -0.39 is 34.4 Å². The molecule has 4 aromatic carbocycles. The lowest BCUT2D eigenvalue weighted by molar-refractivity contribution is -0.140. The van der Waals surface area contributed by atoms with Crippen LogP contribution in [0.2, 0.25) is 15.1 Å². The van der Waals surface area contributed by atoms with Crippen molar-refractivity contribution in [1.29, 1.82) is 0 Å². The molecule has 0 saturated heterocycles. The summed E-state index contributed by atoms with van der Waals surface area (Å²) in [5, 5.41) is 3.66. The SMILES string of the molecule is CC(C)NC(=O)[C@H](Cc1ccccc1)N(Cc1c(Cl)cccc1Cl)C(=O)CN(c1ccccc1Cl)S(=O)(=O)c1ccccc1. The highest BCUT2D eigenvalue weighted by molar-refractivity contribution is 7.92. The number of hydrogen-bond acceptors (Lipinski definition) is 4. The summed E-state index contributed by atoms with van der Waals surface area (Å²) in [6.07, 6.45) is 0.157. The standard InChI is InChI=1S/C33H32Cl3N3O4S/c1-23(2)37-33(41)31(20-24-12-5-3-6-13-24)38(21-26-27(34)17-11-18-28(26)35)32(40)22-39(30-19-10-9-16-29(30)36)44(42,43)25-14-7-4-8-15-25/h3-19,23,31H,20-22H2,1-2H3,(H,37,41)/t31-/m0/s1. The van der Waals surface area contributed by atoms with Crippen molar-refractivity contribution in [1.82, 2.24) is 10.2 Å². The quantitative estimate of drug-likeness (QED) is 0.176. The molecule has 0 aliphatic heterocycles. The number of rotatable bonds is 12. The first-order chi connectivity index (χ1) is 21.0. The van der Waals surface area contributed by atoms with E-state index in [9.17, 15) is 18.0 Å². The molecule has 0 aromatic heterocycles. The van der Waals surface area contributed by atoms with E-state index in [0.29, 0.717) is 15.6 Å². The van der Waals surface area contributed by atoms with Crippen molar-refractivity contribution in [3.8, 4) is 0 Å². The van der Waals surface area contributed by atoms with Crippen LogP contribution in [0.1, 0.15) is 25.0 Å². The summed E-state index contributed by atoms with van der Waals surface area (Å²) in [5.74, 6) is -1.06. The number of halogens is 3. The predicted molar refractivity (Wildman–Crippen MR) is 177 cm³/mol. The van der Waals surface area contributed by atoms with Crippen molar-refractivity contribution >= 4 is 62.3 Å². The van der Waals surface area contributed by atoms with Gasteiger partial charge in [0.15, 0.2) is 0 Å². The fourth-order valence-corrected chi connectivity index (χ4v) is 6.93. The van der Waals surface area contributed by atoms with Crippen LogP contribution >= 0.6 is 34.8 Å². The van der Waals surface area contributed by atoms with E-state index in [2.05, 4.69) is 5.32 Å². The first-order valence-corrected chi connectivity index (χ1v) is 16.5. The van der Waals surface area contributed by atoms with Gasteiger partial charge in [0.2, 0.25) is 11.8 Å². The molecule has 0 aliphatic rings. The Balaban J connectivity index is 1.84. The van der Waals surface area contributed by atoms with Crippen LogP contribution in [0.5, 0.6) is 0 Å². The molecule has 2 amide bonds. The van der Waals surface area contributed by atoms with E-state index in [0.717, 1.165) is 9.87 Å². The Kier molecular flexibility index (Phi) is 11.3. The van der Waals surface area contributed by atoms with Crippen LogP contribution in [-0.2, 0) is 32.6 Å². The average molecular weight is 673 g/mol. The van der Waals surface area contributed by atoms with Crippen molar-refractivity contribution in [3.05, 3.63) is 129 Å². The second kappa shape index (κ2) is 14.9. The number of anilines is 1. The molecule has 11 heteroatoms. The van der Waals surface area contributed by atoms with Gasteiger partial charge in [-0.3, -0.25) is 13.9 Å². The Morgan fingerprint density at radius 1 is 0.750 bits per heavy atom. The Morgan fingerprint density at radius 2 is 1.30 bits per heavy atom. The lowest BCUT2D eigenvalue weighted by atomic mass is 10.0. The number of sulfonamides is 1. The van der Waals surface area contributed by atoms with Crippen LogP contribution in [0.3, 0.4) is 0 Å². The molecule has 0 radical (unpaired) electrons. The Hall–Kier alpha value is -3.56. The summed E-state index contributed by atoms with van der Waals surface area (Å²) in [5.41, 5.74) is 1.35. The number of benzene rings is 4. The zero-order valence-corrected chi connectivity index (χ0v) is 27.2. The number of para-hydroxylation sites is 1. The van der Waals surface area contributed by atoms with Crippen LogP contribution < -0.4 is 9.62 Å². The van der Waals surface area contributed by atoms with Gasteiger partial charge in [0.1, 0.15) is 12.6 Å². The van der Waals surface area contributed by atoms with Crippen LogP contribution in [0.25, 0.3) is 0 Å². The van der Waals surface area contributed by atoms with Gasteiger partial charge in [-0.25, -0.2) is 8.42 Å². The summed E-state index contributed by atoms with van der Waals surface area (Å²) in [6, 6.07) is 27.1. The molecule has 1 N–H and O–H groups in total. The highest BCUT2D eigenvalue weighted by atomic mass is 35.5. The van der Waals surface area contributed by atoms with Gasteiger partial charge in [-0.2, -0.15) is 0 Å². The van der Waals surface area contributed by atoms with E-state index in [1.54, 1.807) is 54.6 Å². The third kappa shape index (κ3) is 8.12. The number of carbonyl (C=O) groups excluding carboxylic acids is 2. The van der Waals surface area contributed by atoms with Gasteiger partial charge in [-0.15, -0.1) is 0 Å². The van der Waals surface area contributed by atoms with E-state index in [4.69, 9.17) is 34.8 Å². The number of amides is 2. The predicted octanol–water partition coefficient (Wildman–Crippen LogP) is 7.01. The third-order valence-corrected chi connectivity index (χ3v) is 9.63. The molecule has 0 spiro atoms. The summed E-state index contributed by atoms with van der Waals surface area (Å²) in [7, 11) is -4.27. The fraction of sp³-hybridized carbons (Fsp3) is 0.212. The molecule has 0 unspecified atom stereocenters. The smallest absolute Gasteiger partial charge is 0.264 e. The minimum Gasteiger partial charge on any atom is -0.352 e. The maximum absolute atomic E-state index is 14.5. The van der Waals surface area contributed by atoms with E-state index >= 15 is 0 Å². The van der Waals surface area contributed by atoms with Gasteiger partial charge in [0, 0.05) is 34.6 Å². The molecular weight excluding hydrogens is 641 g/mol. The fourth-order valence-electron chi connectivity index (χ4n) is 4.68. The molecule has 0 fully saturated rings. The number of nitrogens with one attached hydrogen (secondary N) is 1. The van der Waals surface area contributed by atoms with Gasteiger partial charge in [-0.1, -0.05) is 102 Å². The van der Waals surface area contributed by atoms with Crippen LogP contribution in [0, 0.1) is 0 Å². The van der Waals surface area contributed by atoms with E-state index in [1.807, 2.05) is 44.2 Å². The second-order valence-corrected chi connectivity index (χ2v) is 13.5. The molecule has 0 aliphatic carbocycles. The van der Waals surface area contributed by atoms with Gasteiger partial charge >= 0.3 is 0 Å². The van der Waals surface area contributed by atoms with Crippen LogP contribution in [-0.4, -0.2) is 43.8 Å². The maximum atomic E-state index is 14.5. The molecule has 230 valence electrons. The Labute approximate surface area is 273 Å². The van der Waals surface area contributed by atoms with Crippen LogP contribution in [0.15, 0.2) is 108 Å². The van der Waals surface area contributed by atoms with Crippen LogP contribution in [0.4, 0.5) is 5.69 Å². The molecule has 0 bridgehead atoms. The minimum absolute atomic E-state index is 0.0215. The monoisotopic (exact) mass is 671 g/mol. The molecule has 4 rings (SSSR count). The highest BCUT2D eigenvalue weighted by Crippen LogP contribution is 2.32. The summed E-state index contributed by atoms with van der Waals surface area (Å²) < 4.78 is 29.0. The topological polar surface area (TPSA) is 86.8 Å². The number of nitrogens with zero attached hydrogens (tertiary/aromatic N) is 2. The van der Waals surface area contributed by atoms with Gasteiger partial charge in [0.05, 0.1) is 15.6 Å². The molecule has 44 heavy (non-hydrogen) atoms. The van der Waals surface area contributed by atoms with Gasteiger partial charge < -0.3 is 10.2 Å². The van der Waals surface area contributed by atoms with E-state index in [-0.39, 0.29) is 34.6 Å². The van der Waals surface area contributed by atoms with Gasteiger partial charge in [0.25, 0.3) is 10.0 Å². The molecule has 0 saturated carbocycles. The van der Waals surface area contributed by atoms with Crippen molar-refractivity contribution in [3.63, 3.8) is 0 Å². The van der Waals surface area contributed by atoms with Crippen molar-refractivity contribution in [2.75, 3.05) is 10.8 Å². The third-order valence-electron chi connectivity index (χ3n) is 6.82. The lowest BCUT2D eigenvalue weighted by Crippen LogP contribution is -2.54. The summed E-state index contributed by atoms with van der Waals surface area (Å²) in [6.45, 7) is 2.84. The zero-order valence-electron chi connectivity index (χ0n) is 24.2. The van der Waals surface area contributed by atoms with Crippen molar-refractivity contribution in [2.24, 2.45) is 0 Å². The average Bonchev–Trinajstić information content (AvgIpc) is 3.00. The first kappa shape index (κ1) is 33.3. The molecular formula is C33H32Cl3N3O4S. The maximum Gasteiger partial charge on any atom is 0.264 e. The largest absolute Gasteiger partial charge is 0.352 e. The molecule has 4 aromatic rings. The number of hydrogen-bond donors (Lipinski definition) is 1. The zero-order chi connectivity index (χ0) is 31.9. The normalized spacial score (nSPS) is 12.0. The highest BCUT2D eigenvalue weighted by Gasteiger charge is 2.35. The first-order valence-electron chi connectivity index (χ1n) is 13.9. The second-order valence-electron chi connectivity index (χ2n) is 10.4. The lowest BCUT2D eigenvalue weighted by Gasteiger charge is -2.34. The summed E-state index contributed by atoms with van der Waals surface area (Å²) >= 11 is 19.6. The summed E-state index contributed by atoms with van der Waals surface area (Å²) in [4.78, 5) is 29.6. The van der Waals surface area contributed by atoms with E-state index in [1.165, 1.54) is 23.1 Å². The number of carbonyl (C=O) groups is 2. The van der Waals surface area contributed by atoms with Crippen molar-refractivity contribution < 1.29 is 18.0 Å².